The maximum atomic E-state index is 13.0. The molecule has 2 N–H and O–H groups in total. The number of benzene rings is 1. The largest absolute Gasteiger partial charge is 0.481 e. The standard InChI is InChI=1S/C15H17ClFNO3/c16-12-7-9(5-6-13(12)17)8-18-14(19)10-3-1-2-4-11(10)15(20)21/h5-7,10-11H,1-4,8H2,(H,18,19)(H,20,21)/t10-,11+/m1/s1. The SMILES string of the molecule is O=C(O)[C@H]1CCCC[C@H]1C(=O)NCc1ccc(F)c(Cl)c1. The first-order valence-electron chi connectivity index (χ1n) is 6.93. The third-order valence-corrected chi connectivity index (χ3v) is 4.16. The number of carboxylic acid groups (broad SMARTS) is 1. The highest BCUT2D eigenvalue weighted by Crippen LogP contribution is 2.30. The van der Waals surface area contributed by atoms with Crippen molar-refractivity contribution in [2.24, 2.45) is 11.8 Å². The molecule has 0 radical (unpaired) electrons. The predicted octanol–water partition coefficient (Wildman–Crippen LogP) is 2.99. The van der Waals surface area contributed by atoms with Gasteiger partial charge in [-0.15, -0.1) is 0 Å². The molecule has 0 spiro atoms. The van der Waals surface area contributed by atoms with Crippen molar-refractivity contribution < 1.29 is 19.1 Å². The molecule has 0 aromatic heterocycles. The first-order chi connectivity index (χ1) is 9.99. The van der Waals surface area contributed by atoms with Gasteiger partial charge in [0.15, 0.2) is 0 Å². The maximum Gasteiger partial charge on any atom is 0.307 e. The van der Waals surface area contributed by atoms with E-state index in [1.165, 1.54) is 18.2 Å². The fourth-order valence-corrected chi connectivity index (χ4v) is 2.91. The van der Waals surface area contributed by atoms with Crippen LogP contribution in [0, 0.1) is 17.7 Å². The van der Waals surface area contributed by atoms with Gasteiger partial charge in [-0.1, -0.05) is 30.5 Å². The van der Waals surface area contributed by atoms with Crippen molar-refractivity contribution in [3.05, 3.63) is 34.6 Å². The number of nitrogens with one attached hydrogen (secondary N) is 1. The van der Waals surface area contributed by atoms with Crippen molar-refractivity contribution in [2.45, 2.75) is 32.2 Å². The van der Waals surface area contributed by atoms with Gasteiger partial charge in [-0.3, -0.25) is 9.59 Å². The molecule has 0 bridgehead atoms. The van der Waals surface area contributed by atoms with Crippen LogP contribution in [-0.4, -0.2) is 17.0 Å². The molecule has 1 aliphatic carbocycles. The maximum absolute atomic E-state index is 13.0. The number of carbonyl (C=O) groups is 2. The van der Waals surface area contributed by atoms with E-state index in [9.17, 15) is 19.1 Å². The van der Waals surface area contributed by atoms with Gasteiger partial charge in [0, 0.05) is 6.54 Å². The number of hydrogen-bond acceptors (Lipinski definition) is 2. The van der Waals surface area contributed by atoms with E-state index in [1.54, 1.807) is 0 Å². The highest BCUT2D eigenvalue weighted by atomic mass is 35.5. The van der Waals surface area contributed by atoms with E-state index in [0.717, 1.165) is 12.8 Å². The quantitative estimate of drug-likeness (QED) is 0.898. The number of carboxylic acids is 1. The Morgan fingerprint density at radius 1 is 1.29 bits per heavy atom. The number of halogens is 2. The Labute approximate surface area is 127 Å². The second-order valence-electron chi connectivity index (χ2n) is 5.30. The fraction of sp³-hybridized carbons (Fsp3) is 0.467. The van der Waals surface area contributed by atoms with Crippen molar-refractivity contribution in [1.29, 1.82) is 0 Å². The summed E-state index contributed by atoms with van der Waals surface area (Å²) in [6, 6.07) is 4.23. The minimum absolute atomic E-state index is 0.00262. The smallest absolute Gasteiger partial charge is 0.307 e. The van der Waals surface area contributed by atoms with Crippen LogP contribution in [-0.2, 0) is 16.1 Å². The van der Waals surface area contributed by atoms with E-state index < -0.39 is 23.6 Å². The van der Waals surface area contributed by atoms with Crippen molar-refractivity contribution in [3.63, 3.8) is 0 Å². The van der Waals surface area contributed by atoms with Crippen molar-refractivity contribution >= 4 is 23.5 Å². The Bertz CT molecular complexity index is 550. The van der Waals surface area contributed by atoms with Gasteiger partial charge < -0.3 is 10.4 Å². The molecule has 0 aliphatic heterocycles. The van der Waals surface area contributed by atoms with Crippen molar-refractivity contribution in [2.75, 3.05) is 0 Å². The van der Waals surface area contributed by atoms with Crippen LogP contribution in [0.25, 0.3) is 0 Å². The van der Waals surface area contributed by atoms with Crippen molar-refractivity contribution in [3.8, 4) is 0 Å². The number of rotatable bonds is 4. The average molecular weight is 314 g/mol. The topological polar surface area (TPSA) is 66.4 Å². The average Bonchev–Trinajstić information content (AvgIpc) is 2.48. The minimum atomic E-state index is -0.917. The normalized spacial score (nSPS) is 21.8. The van der Waals surface area contributed by atoms with Gasteiger partial charge in [0.05, 0.1) is 16.9 Å². The van der Waals surface area contributed by atoms with Gasteiger partial charge in [-0.05, 0) is 30.5 Å². The molecule has 1 aromatic rings. The Hall–Kier alpha value is -1.62. The summed E-state index contributed by atoms with van der Waals surface area (Å²) in [5.74, 6) is -2.80. The van der Waals surface area contributed by atoms with Gasteiger partial charge in [0.25, 0.3) is 0 Å². The van der Waals surface area contributed by atoms with Crippen LogP contribution < -0.4 is 5.32 Å². The van der Waals surface area contributed by atoms with E-state index in [1.807, 2.05) is 0 Å². The molecule has 1 aliphatic rings. The van der Waals surface area contributed by atoms with E-state index in [4.69, 9.17) is 11.6 Å². The van der Waals surface area contributed by atoms with Crippen LogP contribution in [0.2, 0.25) is 5.02 Å². The van der Waals surface area contributed by atoms with Crippen LogP contribution in [0.15, 0.2) is 18.2 Å². The van der Waals surface area contributed by atoms with Gasteiger partial charge in [-0.2, -0.15) is 0 Å². The monoisotopic (exact) mass is 313 g/mol. The molecule has 1 fully saturated rings. The molecule has 1 saturated carbocycles. The van der Waals surface area contributed by atoms with Crippen molar-refractivity contribution in [1.82, 2.24) is 5.32 Å². The Morgan fingerprint density at radius 3 is 2.57 bits per heavy atom. The summed E-state index contributed by atoms with van der Waals surface area (Å²) in [5.41, 5.74) is 0.678. The lowest BCUT2D eigenvalue weighted by Crippen LogP contribution is -2.39. The first-order valence-corrected chi connectivity index (χ1v) is 7.31. The molecule has 0 saturated heterocycles. The lowest BCUT2D eigenvalue weighted by atomic mass is 9.78. The third-order valence-electron chi connectivity index (χ3n) is 3.87. The zero-order chi connectivity index (χ0) is 15.4. The van der Waals surface area contributed by atoms with Crippen LogP contribution in [0.4, 0.5) is 4.39 Å². The summed E-state index contributed by atoms with van der Waals surface area (Å²) in [6.07, 6.45) is 2.83. The molecule has 0 unspecified atom stereocenters. The van der Waals surface area contributed by atoms with Crippen LogP contribution in [0.3, 0.4) is 0 Å². The number of amides is 1. The van der Waals surface area contributed by atoms with Crippen LogP contribution >= 0.6 is 11.6 Å². The first kappa shape index (κ1) is 15.8. The summed E-state index contributed by atoms with van der Waals surface area (Å²) in [4.78, 5) is 23.3. The van der Waals surface area contributed by atoms with Gasteiger partial charge in [0.2, 0.25) is 5.91 Å². The molecule has 4 nitrogen and oxygen atoms in total. The van der Waals surface area contributed by atoms with E-state index in [2.05, 4.69) is 5.32 Å². The molecule has 114 valence electrons. The van der Waals surface area contributed by atoms with Gasteiger partial charge >= 0.3 is 5.97 Å². The molecular weight excluding hydrogens is 297 g/mol. The number of carbonyl (C=O) groups excluding carboxylic acids is 1. The summed E-state index contributed by atoms with van der Waals surface area (Å²) in [6.45, 7) is 0.210. The lowest BCUT2D eigenvalue weighted by Gasteiger charge is -2.27. The Kier molecular flexibility index (Phi) is 5.17. The Balaban J connectivity index is 1.96. The third kappa shape index (κ3) is 3.94. The van der Waals surface area contributed by atoms with Crippen LogP contribution in [0.5, 0.6) is 0 Å². The second kappa shape index (κ2) is 6.89. The van der Waals surface area contributed by atoms with E-state index in [-0.39, 0.29) is 17.5 Å². The molecular formula is C15H17ClFNO3. The van der Waals surface area contributed by atoms with Crippen LogP contribution in [0.1, 0.15) is 31.2 Å². The summed E-state index contributed by atoms with van der Waals surface area (Å²) in [7, 11) is 0. The molecule has 1 amide bonds. The molecule has 6 heteroatoms. The molecule has 2 rings (SSSR count). The molecule has 2 atom stereocenters. The summed E-state index contributed by atoms with van der Waals surface area (Å²) < 4.78 is 13.0. The highest BCUT2D eigenvalue weighted by Gasteiger charge is 2.35. The number of hydrogen-bond donors (Lipinski definition) is 2. The highest BCUT2D eigenvalue weighted by molar-refractivity contribution is 6.30. The van der Waals surface area contributed by atoms with Gasteiger partial charge in [0.1, 0.15) is 5.82 Å². The lowest BCUT2D eigenvalue weighted by molar-refractivity contribution is -0.148. The molecule has 0 heterocycles. The van der Waals surface area contributed by atoms with E-state index in [0.29, 0.717) is 18.4 Å². The van der Waals surface area contributed by atoms with E-state index >= 15 is 0 Å². The predicted molar refractivity (Wildman–Crippen MR) is 76.3 cm³/mol. The van der Waals surface area contributed by atoms with Gasteiger partial charge in [-0.25, -0.2) is 4.39 Å². The summed E-state index contributed by atoms with van der Waals surface area (Å²) >= 11 is 5.68. The molecule has 21 heavy (non-hydrogen) atoms. The fourth-order valence-electron chi connectivity index (χ4n) is 2.71. The number of aliphatic carboxylic acids is 1. The minimum Gasteiger partial charge on any atom is -0.481 e. The molecule has 1 aromatic carbocycles. The summed E-state index contributed by atoms with van der Waals surface area (Å²) in [5, 5.41) is 11.9. The zero-order valence-corrected chi connectivity index (χ0v) is 12.2. The second-order valence-corrected chi connectivity index (χ2v) is 5.71. The zero-order valence-electron chi connectivity index (χ0n) is 11.4. The Morgan fingerprint density at radius 2 is 1.95 bits per heavy atom.